The highest BCUT2D eigenvalue weighted by atomic mass is 32.2. The summed E-state index contributed by atoms with van der Waals surface area (Å²) in [5.74, 6) is 0.739. The van der Waals surface area contributed by atoms with Crippen molar-refractivity contribution < 1.29 is 8.42 Å². The summed E-state index contributed by atoms with van der Waals surface area (Å²) in [5, 5.41) is 14.2. The molecule has 0 radical (unpaired) electrons. The molecular formula is C14H16N6O2S2. The van der Waals surface area contributed by atoms with Gasteiger partial charge in [0.1, 0.15) is 4.21 Å². The Bertz CT molecular complexity index is 958. The highest BCUT2D eigenvalue weighted by molar-refractivity contribution is 7.91. The second-order valence-corrected chi connectivity index (χ2v) is 8.67. The molecule has 0 spiro atoms. The van der Waals surface area contributed by atoms with Crippen LogP contribution in [0.2, 0.25) is 0 Å². The van der Waals surface area contributed by atoms with Gasteiger partial charge in [-0.2, -0.15) is 13.9 Å². The first kappa shape index (κ1) is 15.5. The van der Waals surface area contributed by atoms with E-state index in [1.165, 1.54) is 11.3 Å². The molecule has 1 saturated heterocycles. The SMILES string of the molecule is Cc1nnc2cc(N3CCN(S(=O)(=O)c4cccs4)CC3)cnn12. The number of aryl methyl sites for hydroxylation is 1. The van der Waals surface area contributed by atoms with Gasteiger partial charge in [0.05, 0.1) is 11.9 Å². The van der Waals surface area contributed by atoms with Crippen molar-refractivity contribution in [2.24, 2.45) is 0 Å². The lowest BCUT2D eigenvalue weighted by atomic mass is 10.3. The Morgan fingerprint density at radius 2 is 1.96 bits per heavy atom. The van der Waals surface area contributed by atoms with Crippen LogP contribution in [-0.4, -0.2) is 58.7 Å². The molecule has 0 aromatic carbocycles. The van der Waals surface area contributed by atoms with Gasteiger partial charge in [-0.05, 0) is 18.4 Å². The number of anilines is 1. The third-order valence-corrected chi connectivity index (χ3v) is 7.37. The molecule has 0 amide bonds. The monoisotopic (exact) mass is 364 g/mol. The summed E-state index contributed by atoms with van der Waals surface area (Å²) >= 11 is 1.25. The number of hydrogen-bond donors (Lipinski definition) is 0. The summed E-state index contributed by atoms with van der Waals surface area (Å²) in [7, 11) is -3.37. The molecule has 3 aromatic heterocycles. The zero-order valence-corrected chi connectivity index (χ0v) is 14.7. The maximum Gasteiger partial charge on any atom is 0.252 e. The number of aromatic nitrogens is 4. The van der Waals surface area contributed by atoms with Crippen molar-refractivity contribution in [3.63, 3.8) is 0 Å². The van der Waals surface area contributed by atoms with E-state index in [0.717, 1.165) is 11.5 Å². The summed E-state index contributed by atoms with van der Waals surface area (Å²) in [6.07, 6.45) is 1.77. The molecule has 0 aliphatic carbocycles. The van der Waals surface area contributed by atoms with Crippen LogP contribution in [0.3, 0.4) is 0 Å². The Balaban J connectivity index is 1.51. The van der Waals surface area contributed by atoms with Crippen LogP contribution in [0, 0.1) is 6.92 Å². The topological polar surface area (TPSA) is 83.7 Å². The summed E-state index contributed by atoms with van der Waals surface area (Å²) < 4.78 is 28.7. The van der Waals surface area contributed by atoms with Gasteiger partial charge in [0.25, 0.3) is 10.0 Å². The number of piperazine rings is 1. The van der Waals surface area contributed by atoms with Crippen LogP contribution in [0.25, 0.3) is 5.65 Å². The summed E-state index contributed by atoms with van der Waals surface area (Å²) in [4.78, 5) is 2.12. The molecular weight excluding hydrogens is 348 g/mol. The summed E-state index contributed by atoms with van der Waals surface area (Å²) in [5.41, 5.74) is 1.63. The van der Waals surface area contributed by atoms with E-state index in [1.807, 2.05) is 13.0 Å². The average molecular weight is 364 g/mol. The fourth-order valence-electron chi connectivity index (χ4n) is 2.79. The predicted molar refractivity (Wildman–Crippen MR) is 90.8 cm³/mol. The van der Waals surface area contributed by atoms with E-state index < -0.39 is 10.0 Å². The van der Waals surface area contributed by atoms with Crippen LogP contribution >= 0.6 is 11.3 Å². The molecule has 0 atom stereocenters. The predicted octanol–water partition coefficient (Wildman–Crippen LogP) is 1.01. The van der Waals surface area contributed by atoms with E-state index in [4.69, 9.17) is 0 Å². The van der Waals surface area contributed by atoms with Gasteiger partial charge in [-0.15, -0.1) is 21.5 Å². The van der Waals surface area contributed by atoms with Crippen molar-refractivity contribution in [2.45, 2.75) is 11.1 Å². The van der Waals surface area contributed by atoms with E-state index >= 15 is 0 Å². The van der Waals surface area contributed by atoms with Crippen LogP contribution in [0.1, 0.15) is 5.82 Å². The third-order valence-electron chi connectivity index (χ3n) is 4.10. The van der Waals surface area contributed by atoms with Crippen LogP contribution in [-0.2, 0) is 10.0 Å². The van der Waals surface area contributed by atoms with Crippen LogP contribution in [0.4, 0.5) is 5.69 Å². The Morgan fingerprint density at radius 1 is 1.17 bits per heavy atom. The van der Waals surface area contributed by atoms with Gasteiger partial charge < -0.3 is 4.90 Å². The average Bonchev–Trinajstić information content (AvgIpc) is 3.26. The number of rotatable bonds is 3. The van der Waals surface area contributed by atoms with Crippen LogP contribution < -0.4 is 4.90 Å². The standard InChI is InChI=1S/C14H16N6O2S2/c1-11-16-17-13-9-12(10-15-20(11)13)18-4-6-19(7-5-18)24(21,22)14-3-2-8-23-14/h2-3,8-10H,4-7H2,1H3. The molecule has 0 saturated carbocycles. The quantitative estimate of drug-likeness (QED) is 0.690. The van der Waals surface area contributed by atoms with Crippen LogP contribution in [0.15, 0.2) is 34.0 Å². The van der Waals surface area contributed by atoms with E-state index in [1.54, 1.807) is 32.5 Å². The molecule has 24 heavy (non-hydrogen) atoms. The summed E-state index contributed by atoms with van der Waals surface area (Å²) in [6.45, 7) is 4.00. The molecule has 1 aliphatic heterocycles. The van der Waals surface area contributed by atoms with Gasteiger partial charge in [-0.3, -0.25) is 0 Å². The fourth-order valence-corrected chi connectivity index (χ4v) is 5.36. The molecule has 4 heterocycles. The Kier molecular flexibility index (Phi) is 3.74. The van der Waals surface area contributed by atoms with E-state index in [2.05, 4.69) is 20.2 Å². The minimum absolute atomic E-state index is 0.401. The normalized spacial score (nSPS) is 16.8. The molecule has 0 N–H and O–H groups in total. The largest absolute Gasteiger partial charge is 0.367 e. The Hall–Kier alpha value is -2.04. The molecule has 8 nitrogen and oxygen atoms in total. The minimum atomic E-state index is -3.37. The zero-order chi connectivity index (χ0) is 16.7. The molecule has 4 rings (SSSR count). The molecule has 126 valence electrons. The maximum atomic E-state index is 12.6. The lowest BCUT2D eigenvalue weighted by Gasteiger charge is -2.34. The highest BCUT2D eigenvalue weighted by Gasteiger charge is 2.29. The maximum absolute atomic E-state index is 12.6. The zero-order valence-electron chi connectivity index (χ0n) is 13.0. The molecule has 0 bridgehead atoms. The number of fused-ring (bicyclic) bond motifs is 1. The lowest BCUT2D eigenvalue weighted by Crippen LogP contribution is -2.48. The van der Waals surface area contributed by atoms with E-state index in [-0.39, 0.29) is 0 Å². The molecule has 10 heteroatoms. The smallest absolute Gasteiger partial charge is 0.252 e. The fraction of sp³-hybridized carbons (Fsp3) is 0.357. The number of hydrogen-bond acceptors (Lipinski definition) is 7. The second-order valence-electron chi connectivity index (χ2n) is 5.55. The van der Waals surface area contributed by atoms with Gasteiger partial charge >= 0.3 is 0 Å². The van der Waals surface area contributed by atoms with E-state index in [9.17, 15) is 8.42 Å². The van der Waals surface area contributed by atoms with Gasteiger partial charge in [-0.25, -0.2) is 8.42 Å². The van der Waals surface area contributed by atoms with Crippen molar-refractivity contribution >= 4 is 32.7 Å². The van der Waals surface area contributed by atoms with Gasteiger partial charge in [-0.1, -0.05) is 6.07 Å². The molecule has 1 fully saturated rings. The Morgan fingerprint density at radius 3 is 2.67 bits per heavy atom. The van der Waals surface area contributed by atoms with Crippen molar-refractivity contribution in [1.29, 1.82) is 0 Å². The first-order valence-electron chi connectivity index (χ1n) is 7.52. The second kappa shape index (κ2) is 5.80. The van der Waals surface area contributed by atoms with Crippen molar-refractivity contribution in [2.75, 3.05) is 31.1 Å². The van der Waals surface area contributed by atoms with Gasteiger partial charge in [0.15, 0.2) is 11.5 Å². The Labute approximate surface area is 143 Å². The van der Waals surface area contributed by atoms with Gasteiger partial charge in [0, 0.05) is 32.2 Å². The van der Waals surface area contributed by atoms with Crippen LogP contribution in [0.5, 0.6) is 0 Å². The summed E-state index contributed by atoms with van der Waals surface area (Å²) in [6, 6.07) is 5.34. The first-order chi connectivity index (χ1) is 11.6. The van der Waals surface area contributed by atoms with Crippen molar-refractivity contribution in [3.8, 4) is 0 Å². The highest BCUT2D eigenvalue weighted by Crippen LogP contribution is 2.24. The molecule has 1 aliphatic rings. The lowest BCUT2D eigenvalue weighted by molar-refractivity contribution is 0.385. The first-order valence-corrected chi connectivity index (χ1v) is 9.84. The van der Waals surface area contributed by atoms with E-state index in [0.29, 0.717) is 36.0 Å². The molecule has 3 aromatic rings. The number of thiophene rings is 1. The van der Waals surface area contributed by atoms with Gasteiger partial charge in [0.2, 0.25) is 0 Å². The third kappa shape index (κ3) is 2.56. The van der Waals surface area contributed by atoms with Crippen molar-refractivity contribution in [1.82, 2.24) is 24.1 Å². The number of nitrogens with zero attached hydrogens (tertiary/aromatic N) is 6. The molecule has 0 unspecified atom stereocenters. The van der Waals surface area contributed by atoms with Crippen molar-refractivity contribution in [3.05, 3.63) is 35.6 Å². The minimum Gasteiger partial charge on any atom is -0.367 e. The number of sulfonamides is 1.